The Hall–Kier alpha value is -2.91. The number of amides is 4. The van der Waals surface area contributed by atoms with Gasteiger partial charge in [0.15, 0.2) is 0 Å². The zero-order chi connectivity index (χ0) is 27.0. The van der Waals surface area contributed by atoms with E-state index in [-0.39, 0.29) is 25.7 Å². The molecule has 0 aliphatic rings. The van der Waals surface area contributed by atoms with Crippen LogP contribution < -0.4 is 33.2 Å². The second-order valence-corrected chi connectivity index (χ2v) is 8.78. The van der Waals surface area contributed by atoms with Crippen molar-refractivity contribution >= 4 is 47.3 Å². The summed E-state index contributed by atoms with van der Waals surface area (Å²) in [5, 5.41) is 25.5. The van der Waals surface area contributed by atoms with Crippen molar-refractivity contribution in [3.63, 3.8) is 0 Å². The van der Waals surface area contributed by atoms with E-state index in [1.54, 1.807) is 6.26 Å². The third-order valence-corrected chi connectivity index (χ3v) is 5.50. The van der Waals surface area contributed by atoms with Gasteiger partial charge in [-0.1, -0.05) is 0 Å². The minimum absolute atomic E-state index is 0.109. The summed E-state index contributed by atoms with van der Waals surface area (Å²) in [6.45, 7) is 0.371. The number of nitrogens with one attached hydrogen (secondary N) is 3. The zero-order valence-corrected chi connectivity index (χ0v) is 20.5. The van der Waals surface area contributed by atoms with E-state index in [9.17, 15) is 33.9 Å². The Morgan fingerprint density at radius 2 is 1.40 bits per heavy atom. The van der Waals surface area contributed by atoms with Gasteiger partial charge < -0.3 is 43.4 Å². The zero-order valence-electron chi connectivity index (χ0n) is 19.7. The van der Waals surface area contributed by atoms with Crippen molar-refractivity contribution < 1.29 is 39.0 Å². The van der Waals surface area contributed by atoms with E-state index in [1.165, 1.54) is 11.8 Å². The highest BCUT2D eigenvalue weighted by Crippen LogP contribution is 2.06. The lowest BCUT2D eigenvalue weighted by atomic mass is 10.1. The number of thioether (sulfide) groups is 1. The first-order valence-electron chi connectivity index (χ1n) is 11.0. The van der Waals surface area contributed by atoms with Crippen LogP contribution in [0, 0.1) is 0 Å². The average molecular weight is 521 g/mol. The smallest absolute Gasteiger partial charge is 0.326 e. The molecule has 0 saturated carbocycles. The summed E-state index contributed by atoms with van der Waals surface area (Å²) < 4.78 is 0. The summed E-state index contributed by atoms with van der Waals surface area (Å²) in [7, 11) is 0. The predicted octanol–water partition coefficient (Wildman–Crippen LogP) is -2.52. The van der Waals surface area contributed by atoms with Crippen molar-refractivity contribution in [2.24, 2.45) is 17.2 Å². The van der Waals surface area contributed by atoms with Crippen molar-refractivity contribution in [3.8, 4) is 0 Å². The molecule has 4 amide bonds. The molecular weight excluding hydrogens is 484 g/mol. The second-order valence-electron chi connectivity index (χ2n) is 7.80. The number of nitrogens with two attached hydrogens (primary N) is 3. The lowest BCUT2D eigenvalue weighted by molar-refractivity contribution is -0.143. The summed E-state index contributed by atoms with van der Waals surface area (Å²) in [6, 6.07) is -5.15. The van der Waals surface area contributed by atoms with Crippen LogP contribution in [0.1, 0.15) is 44.9 Å². The molecule has 0 rings (SSSR count). The van der Waals surface area contributed by atoms with Gasteiger partial charge in [-0.05, 0) is 50.7 Å². The van der Waals surface area contributed by atoms with Crippen LogP contribution in [-0.4, -0.2) is 88.5 Å². The van der Waals surface area contributed by atoms with Gasteiger partial charge in [0, 0.05) is 6.42 Å². The Morgan fingerprint density at radius 3 is 1.91 bits per heavy atom. The van der Waals surface area contributed by atoms with Gasteiger partial charge >= 0.3 is 11.9 Å². The van der Waals surface area contributed by atoms with E-state index in [4.69, 9.17) is 22.3 Å². The minimum atomic E-state index is -1.57. The van der Waals surface area contributed by atoms with E-state index in [0.29, 0.717) is 25.1 Å². The van der Waals surface area contributed by atoms with Crippen LogP contribution in [0.2, 0.25) is 0 Å². The maximum Gasteiger partial charge on any atom is 0.326 e. The molecule has 0 heterocycles. The van der Waals surface area contributed by atoms with Crippen LogP contribution in [-0.2, 0) is 28.8 Å². The summed E-state index contributed by atoms with van der Waals surface area (Å²) >= 11 is 1.38. The maximum atomic E-state index is 12.8. The molecule has 0 bridgehead atoms. The van der Waals surface area contributed by atoms with Crippen LogP contribution in [0.25, 0.3) is 0 Å². The topological polar surface area (TPSA) is 257 Å². The average Bonchev–Trinajstić information content (AvgIpc) is 2.78. The van der Waals surface area contributed by atoms with Gasteiger partial charge in [-0.3, -0.25) is 24.0 Å². The molecule has 11 N–H and O–H groups in total. The number of carbonyl (C=O) groups excluding carboxylic acids is 4. The van der Waals surface area contributed by atoms with Gasteiger partial charge in [0.1, 0.15) is 18.1 Å². The molecule has 0 aromatic rings. The normalized spacial score (nSPS) is 14.1. The molecule has 0 spiro atoms. The third-order valence-electron chi connectivity index (χ3n) is 4.86. The molecule has 0 aliphatic carbocycles. The number of carbonyl (C=O) groups is 6. The van der Waals surface area contributed by atoms with E-state index in [2.05, 4.69) is 16.0 Å². The molecule has 15 heteroatoms. The standard InChI is InChI=1S/C20H36N6O8S/c1-35-9-7-12(18(31)25-13(20(33)34)4-2-3-8-21)24-19(32)14(10-16(28)29)26-17(30)11(22)5-6-15(23)27/h11-14H,2-10,21-22H2,1H3,(H2,23,27)(H,24,32)(H,25,31)(H,26,30)(H,28,29)(H,33,34). The van der Waals surface area contributed by atoms with Gasteiger partial charge in [0.05, 0.1) is 12.5 Å². The number of aliphatic carboxylic acids is 2. The summed E-state index contributed by atoms with van der Waals surface area (Å²) in [6.07, 6.45) is 1.99. The summed E-state index contributed by atoms with van der Waals surface area (Å²) in [5.41, 5.74) is 16.1. The third kappa shape index (κ3) is 14.2. The first-order valence-corrected chi connectivity index (χ1v) is 12.4. The monoisotopic (exact) mass is 520 g/mol. The Labute approximate surface area is 207 Å². The first kappa shape index (κ1) is 32.1. The van der Waals surface area contributed by atoms with Gasteiger partial charge in [-0.2, -0.15) is 11.8 Å². The summed E-state index contributed by atoms with van der Waals surface area (Å²) in [4.78, 5) is 71.4. The fourth-order valence-electron chi connectivity index (χ4n) is 2.89. The lowest BCUT2D eigenvalue weighted by Gasteiger charge is -2.24. The Kier molecular flexibility index (Phi) is 16.1. The van der Waals surface area contributed by atoms with Crippen molar-refractivity contribution in [1.29, 1.82) is 0 Å². The highest BCUT2D eigenvalue weighted by Gasteiger charge is 2.31. The summed E-state index contributed by atoms with van der Waals surface area (Å²) in [5.74, 6) is -5.48. The van der Waals surface area contributed by atoms with Crippen LogP contribution in [0.5, 0.6) is 0 Å². The SMILES string of the molecule is CSCCC(NC(=O)C(CC(=O)O)NC(=O)C(N)CCC(N)=O)C(=O)NC(CCCCN)C(=O)O. The molecule has 0 aromatic carbocycles. The molecule has 35 heavy (non-hydrogen) atoms. The number of primary amides is 1. The van der Waals surface area contributed by atoms with Gasteiger partial charge in [-0.15, -0.1) is 0 Å². The molecule has 0 saturated heterocycles. The Balaban J connectivity index is 5.41. The van der Waals surface area contributed by atoms with Crippen LogP contribution >= 0.6 is 11.8 Å². The van der Waals surface area contributed by atoms with Crippen LogP contribution in [0.4, 0.5) is 0 Å². The Morgan fingerprint density at radius 1 is 0.829 bits per heavy atom. The van der Waals surface area contributed by atoms with Crippen LogP contribution in [0.3, 0.4) is 0 Å². The molecular formula is C20H36N6O8S. The van der Waals surface area contributed by atoms with E-state index in [0.717, 1.165) is 0 Å². The molecule has 4 atom stereocenters. The Bertz CT molecular complexity index is 753. The second kappa shape index (κ2) is 17.5. The number of hydrogen-bond donors (Lipinski definition) is 8. The van der Waals surface area contributed by atoms with Crippen molar-refractivity contribution in [2.45, 2.75) is 69.1 Å². The molecule has 4 unspecified atom stereocenters. The number of rotatable bonds is 19. The number of hydrogen-bond acceptors (Lipinski definition) is 9. The van der Waals surface area contributed by atoms with Gasteiger partial charge in [0.2, 0.25) is 23.6 Å². The van der Waals surface area contributed by atoms with Gasteiger partial charge in [-0.25, -0.2) is 4.79 Å². The number of carboxylic acid groups (broad SMARTS) is 2. The molecule has 0 radical (unpaired) electrons. The maximum absolute atomic E-state index is 12.8. The molecule has 200 valence electrons. The number of unbranched alkanes of at least 4 members (excludes halogenated alkanes) is 1. The van der Waals surface area contributed by atoms with Crippen molar-refractivity contribution in [1.82, 2.24) is 16.0 Å². The van der Waals surface area contributed by atoms with E-state index >= 15 is 0 Å². The molecule has 0 aliphatic heterocycles. The lowest BCUT2D eigenvalue weighted by Crippen LogP contribution is -2.57. The number of carboxylic acids is 2. The predicted molar refractivity (Wildman–Crippen MR) is 128 cm³/mol. The van der Waals surface area contributed by atoms with Crippen LogP contribution in [0.15, 0.2) is 0 Å². The molecule has 0 fully saturated rings. The van der Waals surface area contributed by atoms with E-state index in [1.807, 2.05) is 0 Å². The molecule has 0 aromatic heterocycles. The first-order chi connectivity index (χ1) is 16.4. The van der Waals surface area contributed by atoms with E-state index < -0.39 is 66.2 Å². The quantitative estimate of drug-likeness (QED) is 0.0824. The largest absolute Gasteiger partial charge is 0.481 e. The highest BCUT2D eigenvalue weighted by atomic mass is 32.2. The highest BCUT2D eigenvalue weighted by molar-refractivity contribution is 7.98. The minimum Gasteiger partial charge on any atom is -0.481 e. The van der Waals surface area contributed by atoms with Crippen molar-refractivity contribution in [2.75, 3.05) is 18.6 Å². The fourth-order valence-corrected chi connectivity index (χ4v) is 3.36. The fraction of sp³-hybridized carbons (Fsp3) is 0.700. The molecule has 14 nitrogen and oxygen atoms in total. The van der Waals surface area contributed by atoms with Crippen molar-refractivity contribution in [3.05, 3.63) is 0 Å². The van der Waals surface area contributed by atoms with Gasteiger partial charge in [0.25, 0.3) is 0 Å².